The molecule has 0 bridgehead atoms. The van der Waals surface area contributed by atoms with Crippen molar-refractivity contribution in [2.75, 3.05) is 26.7 Å². The largest absolute Gasteiger partial charge is 0.366 e. The van der Waals surface area contributed by atoms with Gasteiger partial charge in [-0.15, -0.1) is 0 Å². The quantitative estimate of drug-likeness (QED) is 0.310. The minimum absolute atomic E-state index is 0.106. The van der Waals surface area contributed by atoms with Gasteiger partial charge in [0.25, 0.3) is 5.91 Å². The van der Waals surface area contributed by atoms with Crippen molar-refractivity contribution in [1.29, 1.82) is 0 Å². The molecule has 6 heteroatoms. The van der Waals surface area contributed by atoms with E-state index in [2.05, 4.69) is 50.9 Å². The van der Waals surface area contributed by atoms with Crippen molar-refractivity contribution in [2.45, 2.75) is 68.2 Å². The second kappa shape index (κ2) is 16.3. The molecule has 0 atom stereocenters. The number of primary amides is 1. The Balaban J connectivity index is 0.000000722. The van der Waals surface area contributed by atoms with Gasteiger partial charge in [-0.05, 0) is 86.5 Å². The monoisotopic (exact) mass is 517 g/mol. The average molecular weight is 518 g/mol. The van der Waals surface area contributed by atoms with Crippen LogP contribution in [0.4, 0.5) is 8.78 Å². The summed E-state index contributed by atoms with van der Waals surface area (Å²) in [5.41, 5.74) is 7.66. The van der Waals surface area contributed by atoms with Crippen LogP contribution in [0.15, 0.2) is 47.0 Å². The van der Waals surface area contributed by atoms with E-state index in [0.29, 0.717) is 11.0 Å². The maximum Gasteiger partial charge on any atom is 0.251 e. The average Bonchev–Trinajstić information content (AvgIpc) is 2.77. The lowest BCUT2D eigenvalue weighted by atomic mass is 9.93. The lowest BCUT2D eigenvalue weighted by Gasteiger charge is -2.34. The number of hydrogen-bond donors (Lipinski definition) is 1. The van der Waals surface area contributed by atoms with Crippen molar-refractivity contribution in [3.8, 4) is 0 Å². The normalized spacial score (nSPS) is 15.6. The van der Waals surface area contributed by atoms with Gasteiger partial charge < -0.3 is 15.6 Å². The van der Waals surface area contributed by atoms with Gasteiger partial charge >= 0.3 is 0 Å². The van der Waals surface area contributed by atoms with Gasteiger partial charge in [0.1, 0.15) is 0 Å². The molecular formula is C31H49F2N3O. The molecule has 4 nitrogen and oxygen atoms in total. The van der Waals surface area contributed by atoms with Crippen LogP contribution in [0.5, 0.6) is 0 Å². The van der Waals surface area contributed by atoms with Crippen LogP contribution in [-0.4, -0.2) is 44.2 Å². The molecule has 37 heavy (non-hydrogen) atoms. The number of likely N-dealkylation sites (tertiary alicyclic amines) is 1. The van der Waals surface area contributed by atoms with Gasteiger partial charge in [0.05, 0.1) is 5.56 Å². The first-order valence-corrected chi connectivity index (χ1v) is 13.0. The van der Waals surface area contributed by atoms with Crippen LogP contribution >= 0.6 is 0 Å². The number of benzene rings is 1. The zero-order valence-corrected chi connectivity index (χ0v) is 24.5. The van der Waals surface area contributed by atoms with Gasteiger partial charge in [-0.3, -0.25) is 4.79 Å². The van der Waals surface area contributed by atoms with Crippen molar-refractivity contribution in [3.63, 3.8) is 0 Å². The van der Waals surface area contributed by atoms with Gasteiger partial charge in [0.2, 0.25) is 0 Å². The summed E-state index contributed by atoms with van der Waals surface area (Å²) in [5.74, 6) is -2.04. The maximum absolute atomic E-state index is 14.1. The lowest BCUT2D eigenvalue weighted by Crippen LogP contribution is -2.38. The SMILES string of the molecule is C=C/C(=C(C)\C=C(/C)c1ccc(C(N)=O)c(F)c1F)C(C)C.C=NC.CC1CCN(CC(C)(C)C)CC1. The van der Waals surface area contributed by atoms with Crippen LogP contribution in [0.1, 0.15) is 84.2 Å². The Morgan fingerprint density at radius 2 is 1.62 bits per heavy atom. The summed E-state index contributed by atoms with van der Waals surface area (Å²) in [6, 6.07) is 2.56. The van der Waals surface area contributed by atoms with E-state index in [4.69, 9.17) is 5.73 Å². The third-order valence-corrected chi connectivity index (χ3v) is 6.08. The Labute approximate surface area is 224 Å². The molecule has 208 valence electrons. The van der Waals surface area contributed by atoms with Gasteiger partial charge in [0, 0.05) is 19.2 Å². The molecular weight excluding hydrogens is 468 g/mol. The van der Waals surface area contributed by atoms with Crippen molar-refractivity contribution >= 4 is 18.2 Å². The predicted octanol–water partition coefficient (Wildman–Crippen LogP) is 7.71. The number of nitrogens with two attached hydrogens (primary N) is 1. The first kappa shape index (κ1) is 34.4. The number of aliphatic imine (C=N–C) groups is 1. The van der Waals surface area contributed by atoms with E-state index in [9.17, 15) is 13.6 Å². The molecule has 1 aliphatic rings. The zero-order valence-electron chi connectivity index (χ0n) is 24.5. The van der Waals surface area contributed by atoms with Crippen LogP contribution in [0.25, 0.3) is 5.57 Å². The molecule has 0 saturated carbocycles. The summed E-state index contributed by atoms with van der Waals surface area (Å²) < 4.78 is 27.9. The standard InChI is InChI=1S/C18H21F2NO.C11H23N.C2H5N/c1-6-13(10(2)3)11(4)9-12(5)14-7-8-15(18(21)22)17(20)16(14)19;1-10-5-7-12(8-6-10)9-11(2,3)4;1-3-2/h6-10H,1H2,2-5H3,(H2,21,22);10H,5-9H2,1-4H3;1H2,2H3/b12-9+,13-11+;;. The Morgan fingerprint density at radius 1 is 1.16 bits per heavy atom. The summed E-state index contributed by atoms with van der Waals surface area (Å²) in [6.45, 7) is 27.8. The van der Waals surface area contributed by atoms with Crippen molar-refractivity contribution in [2.24, 2.45) is 28.0 Å². The number of allylic oxidation sites excluding steroid dienone is 5. The second-order valence-corrected chi connectivity index (χ2v) is 11.3. The molecule has 0 aromatic heterocycles. The van der Waals surface area contributed by atoms with E-state index in [0.717, 1.165) is 17.1 Å². The van der Waals surface area contributed by atoms with Crippen LogP contribution in [0.3, 0.4) is 0 Å². The molecule has 2 rings (SSSR count). The zero-order chi connectivity index (χ0) is 28.9. The van der Waals surface area contributed by atoms with E-state index in [1.807, 2.05) is 20.8 Å². The molecule has 1 saturated heterocycles. The number of piperidine rings is 1. The topological polar surface area (TPSA) is 58.7 Å². The van der Waals surface area contributed by atoms with Gasteiger partial charge in [-0.2, -0.15) is 0 Å². The Bertz CT molecular complexity index is 963. The van der Waals surface area contributed by atoms with Crippen LogP contribution in [0.2, 0.25) is 0 Å². The van der Waals surface area contributed by atoms with Crippen molar-refractivity contribution < 1.29 is 13.6 Å². The molecule has 1 amide bonds. The van der Waals surface area contributed by atoms with Crippen LogP contribution in [0, 0.1) is 28.9 Å². The third kappa shape index (κ3) is 12.5. The van der Waals surface area contributed by atoms with Gasteiger partial charge in [0.15, 0.2) is 11.6 Å². The first-order valence-electron chi connectivity index (χ1n) is 13.0. The highest BCUT2D eigenvalue weighted by atomic mass is 19.2. The van der Waals surface area contributed by atoms with E-state index in [-0.39, 0.29) is 11.5 Å². The molecule has 1 aromatic carbocycles. The Hall–Kier alpha value is -2.60. The minimum atomic E-state index is -1.22. The Morgan fingerprint density at radius 3 is 2.03 bits per heavy atom. The maximum atomic E-state index is 14.1. The second-order valence-electron chi connectivity index (χ2n) is 11.3. The van der Waals surface area contributed by atoms with Gasteiger partial charge in [-0.1, -0.05) is 66.3 Å². The van der Waals surface area contributed by atoms with Crippen LogP contribution < -0.4 is 5.73 Å². The predicted molar refractivity (Wildman–Crippen MR) is 156 cm³/mol. The number of carbonyl (C=O) groups excluding carboxylic acids is 1. The number of rotatable bonds is 6. The van der Waals surface area contributed by atoms with Crippen molar-refractivity contribution in [1.82, 2.24) is 4.90 Å². The van der Waals surface area contributed by atoms with E-state index >= 15 is 0 Å². The van der Waals surface area contributed by atoms with E-state index in [1.54, 1.807) is 26.1 Å². The summed E-state index contributed by atoms with van der Waals surface area (Å²) >= 11 is 0. The highest BCUT2D eigenvalue weighted by molar-refractivity contribution is 5.93. The van der Waals surface area contributed by atoms with E-state index < -0.39 is 23.1 Å². The highest BCUT2D eigenvalue weighted by Crippen LogP contribution is 2.26. The fourth-order valence-corrected chi connectivity index (χ4v) is 4.27. The molecule has 0 unspecified atom stereocenters. The Kier molecular flexibility index (Phi) is 15.1. The minimum Gasteiger partial charge on any atom is -0.366 e. The van der Waals surface area contributed by atoms with Gasteiger partial charge in [-0.25, -0.2) is 8.78 Å². The summed E-state index contributed by atoms with van der Waals surface area (Å²) in [7, 11) is 1.64. The van der Waals surface area contributed by atoms with E-state index in [1.165, 1.54) is 44.6 Å². The van der Waals surface area contributed by atoms with Crippen LogP contribution in [-0.2, 0) is 0 Å². The molecule has 0 radical (unpaired) electrons. The molecule has 1 fully saturated rings. The number of amides is 1. The lowest BCUT2D eigenvalue weighted by molar-refractivity contribution is 0.0995. The molecule has 1 aliphatic heterocycles. The number of hydrogen-bond acceptors (Lipinski definition) is 3. The molecule has 0 aliphatic carbocycles. The summed E-state index contributed by atoms with van der Waals surface area (Å²) in [4.78, 5) is 16.9. The molecule has 1 heterocycles. The fraction of sp³-hybridized carbons (Fsp3) is 0.548. The number of halogens is 2. The summed E-state index contributed by atoms with van der Waals surface area (Å²) in [5, 5.41) is 0. The number of carbonyl (C=O) groups is 1. The first-order chi connectivity index (χ1) is 17.1. The van der Waals surface area contributed by atoms with Crippen molar-refractivity contribution in [3.05, 3.63) is 64.8 Å². The fourth-order valence-electron chi connectivity index (χ4n) is 4.27. The third-order valence-electron chi connectivity index (χ3n) is 6.08. The molecule has 0 spiro atoms. The smallest absolute Gasteiger partial charge is 0.251 e. The summed E-state index contributed by atoms with van der Waals surface area (Å²) in [6.07, 6.45) is 6.34. The highest BCUT2D eigenvalue weighted by Gasteiger charge is 2.20. The number of nitrogens with zero attached hydrogens (tertiary/aromatic N) is 2. The molecule has 1 aromatic rings. The molecule has 2 N–H and O–H groups in total.